The molecule has 0 unspecified atom stereocenters. The minimum Gasteiger partial charge on any atom is -0.365 e. The van der Waals surface area contributed by atoms with Crippen LogP contribution in [0.3, 0.4) is 0 Å². The quantitative estimate of drug-likeness (QED) is 0.420. The van der Waals surface area contributed by atoms with Crippen LogP contribution in [-0.4, -0.2) is 24.7 Å². The van der Waals surface area contributed by atoms with Crippen molar-refractivity contribution >= 4 is 14.1 Å². The highest BCUT2D eigenvalue weighted by Gasteiger charge is 2.53. The van der Waals surface area contributed by atoms with Crippen molar-refractivity contribution in [3.8, 4) is 0 Å². The number of β-lactam (4-membered cyclic amide) rings is 1. The van der Waals surface area contributed by atoms with E-state index in [1.54, 1.807) is 0 Å². The molecule has 18 heavy (non-hydrogen) atoms. The molecule has 0 radical (unpaired) electrons. The van der Waals surface area contributed by atoms with Gasteiger partial charge in [0.1, 0.15) is 0 Å². The lowest BCUT2D eigenvalue weighted by Crippen LogP contribution is -2.69. The summed E-state index contributed by atoms with van der Waals surface area (Å²) in [6, 6.07) is 0.495. The molecule has 0 spiro atoms. The maximum Gasteiger partial charge on any atom is 0.217 e. The van der Waals surface area contributed by atoms with Crippen LogP contribution in [0.5, 0.6) is 0 Å². The smallest absolute Gasteiger partial charge is 0.217 e. The fourth-order valence-corrected chi connectivity index (χ4v) is 5.58. The Morgan fingerprint density at radius 1 is 1.33 bits per heavy atom. The van der Waals surface area contributed by atoms with Gasteiger partial charge in [-0.05, 0) is 30.2 Å². The molecular formula is C15H27NOSi. The summed E-state index contributed by atoms with van der Waals surface area (Å²) in [4.78, 5) is 12.1. The first kappa shape index (κ1) is 13.8. The van der Waals surface area contributed by atoms with E-state index in [1.807, 2.05) is 0 Å². The topological polar surface area (TPSA) is 20.3 Å². The number of rotatable bonds is 2. The van der Waals surface area contributed by atoms with E-state index in [1.165, 1.54) is 19.3 Å². The van der Waals surface area contributed by atoms with Crippen LogP contribution >= 0.6 is 0 Å². The molecule has 1 amide bonds. The van der Waals surface area contributed by atoms with E-state index < -0.39 is 8.24 Å². The minimum atomic E-state index is -1.68. The molecular weight excluding hydrogens is 238 g/mol. The van der Waals surface area contributed by atoms with Gasteiger partial charge in [-0.1, -0.05) is 46.0 Å². The van der Waals surface area contributed by atoms with Crippen molar-refractivity contribution in [2.45, 2.75) is 70.6 Å². The van der Waals surface area contributed by atoms with Gasteiger partial charge in [0, 0.05) is 12.5 Å². The Balaban J connectivity index is 2.18. The SMILES string of the molecule is CC(C)(C)[Si](C)(C)N1C(=O)C[C@@H]1[C@@H]1C=CCCC1. The normalized spacial score (nSPS) is 29.4. The molecule has 1 heterocycles. The molecule has 2 aliphatic rings. The molecule has 0 aromatic heterocycles. The largest absolute Gasteiger partial charge is 0.365 e. The van der Waals surface area contributed by atoms with E-state index in [2.05, 4.69) is 50.6 Å². The fourth-order valence-electron chi connectivity index (χ4n) is 3.03. The minimum absolute atomic E-state index is 0.250. The lowest BCUT2D eigenvalue weighted by Gasteiger charge is -2.57. The second-order valence-electron chi connectivity index (χ2n) is 7.37. The Hall–Kier alpha value is -0.573. The highest BCUT2D eigenvalue weighted by molar-refractivity contribution is 6.79. The molecule has 0 aromatic rings. The lowest BCUT2D eigenvalue weighted by atomic mass is 9.84. The third-order valence-electron chi connectivity index (χ3n) is 5.21. The average molecular weight is 265 g/mol. The summed E-state index contributed by atoms with van der Waals surface area (Å²) >= 11 is 0. The first-order valence-electron chi connectivity index (χ1n) is 7.24. The number of hydrogen-bond donors (Lipinski definition) is 0. The number of carbonyl (C=O) groups is 1. The van der Waals surface area contributed by atoms with Crippen LogP contribution < -0.4 is 0 Å². The van der Waals surface area contributed by atoms with Crippen molar-refractivity contribution in [2.75, 3.05) is 0 Å². The Kier molecular flexibility index (Phi) is 3.47. The summed E-state index contributed by atoms with van der Waals surface area (Å²) in [7, 11) is -1.68. The Labute approximate surface area is 113 Å². The van der Waals surface area contributed by atoms with Gasteiger partial charge in [0.05, 0.1) is 0 Å². The van der Waals surface area contributed by atoms with Gasteiger partial charge >= 0.3 is 0 Å². The lowest BCUT2D eigenvalue weighted by molar-refractivity contribution is -0.140. The zero-order valence-corrected chi connectivity index (χ0v) is 13.5. The molecule has 1 saturated heterocycles. The van der Waals surface area contributed by atoms with Crippen LogP contribution in [0.25, 0.3) is 0 Å². The predicted molar refractivity (Wildman–Crippen MR) is 78.9 cm³/mol. The monoisotopic (exact) mass is 265 g/mol. The maximum absolute atomic E-state index is 12.1. The summed E-state index contributed by atoms with van der Waals surface area (Å²) in [6.07, 6.45) is 9.22. The molecule has 102 valence electrons. The third kappa shape index (κ3) is 2.17. The van der Waals surface area contributed by atoms with Gasteiger partial charge < -0.3 is 4.57 Å². The molecule has 1 aliphatic heterocycles. The predicted octanol–water partition coefficient (Wildman–Crippen LogP) is 3.95. The van der Waals surface area contributed by atoms with E-state index in [-0.39, 0.29) is 5.04 Å². The standard InChI is InChI=1S/C15H27NOSi/c1-15(2,3)18(4,5)16-13(11-14(16)17)12-9-7-6-8-10-12/h7,9,12-13H,6,8,10-11H2,1-5H3/t12-,13-/m1/s1. The molecule has 0 N–H and O–H groups in total. The molecule has 0 aromatic carbocycles. The van der Waals surface area contributed by atoms with Crippen molar-refractivity contribution in [3.05, 3.63) is 12.2 Å². The van der Waals surface area contributed by atoms with Gasteiger partial charge in [-0.25, -0.2) is 0 Å². The van der Waals surface area contributed by atoms with Crippen LogP contribution in [0, 0.1) is 5.92 Å². The zero-order chi connectivity index (χ0) is 13.6. The number of hydrogen-bond acceptors (Lipinski definition) is 1. The van der Waals surface area contributed by atoms with Crippen LogP contribution in [0.1, 0.15) is 46.5 Å². The van der Waals surface area contributed by atoms with Crippen molar-refractivity contribution < 1.29 is 4.79 Å². The Bertz CT molecular complexity index is 367. The van der Waals surface area contributed by atoms with Gasteiger partial charge in [-0.3, -0.25) is 4.79 Å². The second kappa shape index (κ2) is 4.51. The van der Waals surface area contributed by atoms with Gasteiger partial charge in [0.15, 0.2) is 8.24 Å². The highest BCUT2D eigenvalue weighted by atomic mass is 28.3. The molecule has 2 rings (SSSR count). The van der Waals surface area contributed by atoms with Gasteiger partial charge in [-0.2, -0.15) is 0 Å². The maximum atomic E-state index is 12.1. The second-order valence-corrected chi connectivity index (χ2v) is 12.5. The molecule has 0 saturated carbocycles. The molecule has 1 fully saturated rings. The van der Waals surface area contributed by atoms with Gasteiger partial charge in [0.2, 0.25) is 5.91 Å². The summed E-state index contributed by atoms with van der Waals surface area (Å²) in [5.74, 6) is 1.01. The number of amides is 1. The number of allylic oxidation sites excluding steroid dienone is 1. The molecule has 3 heteroatoms. The van der Waals surface area contributed by atoms with Crippen LogP contribution in [0.4, 0.5) is 0 Å². The molecule has 2 nitrogen and oxygen atoms in total. The van der Waals surface area contributed by atoms with Crippen molar-refractivity contribution in [1.82, 2.24) is 4.57 Å². The Morgan fingerprint density at radius 2 is 2.00 bits per heavy atom. The third-order valence-corrected chi connectivity index (χ3v) is 10.7. The highest BCUT2D eigenvalue weighted by Crippen LogP contribution is 2.45. The molecule has 0 bridgehead atoms. The molecule has 2 atom stereocenters. The number of nitrogens with zero attached hydrogens (tertiary/aromatic N) is 1. The van der Waals surface area contributed by atoms with E-state index >= 15 is 0 Å². The van der Waals surface area contributed by atoms with Crippen LogP contribution in [0.15, 0.2) is 12.2 Å². The Morgan fingerprint density at radius 3 is 2.44 bits per heavy atom. The summed E-state index contributed by atoms with van der Waals surface area (Å²) < 4.78 is 2.30. The van der Waals surface area contributed by atoms with Crippen molar-refractivity contribution in [1.29, 1.82) is 0 Å². The van der Waals surface area contributed by atoms with Gasteiger partial charge in [-0.15, -0.1) is 0 Å². The first-order valence-corrected chi connectivity index (χ1v) is 10.2. The summed E-state index contributed by atoms with van der Waals surface area (Å²) in [5, 5.41) is 0.250. The van der Waals surface area contributed by atoms with Crippen molar-refractivity contribution in [2.24, 2.45) is 5.92 Å². The van der Waals surface area contributed by atoms with E-state index in [0.717, 1.165) is 6.42 Å². The van der Waals surface area contributed by atoms with Crippen molar-refractivity contribution in [3.63, 3.8) is 0 Å². The fraction of sp³-hybridized carbons (Fsp3) is 0.800. The average Bonchev–Trinajstić information content (AvgIpc) is 2.24. The summed E-state index contributed by atoms with van der Waals surface area (Å²) in [6.45, 7) is 11.6. The zero-order valence-electron chi connectivity index (χ0n) is 12.5. The van der Waals surface area contributed by atoms with E-state index in [4.69, 9.17) is 0 Å². The number of carbonyl (C=O) groups excluding carboxylic acids is 1. The summed E-state index contributed by atoms with van der Waals surface area (Å²) in [5.41, 5.74) is 0. The molecule has 1 aliphatic carbocycles. The van der Waals surface area contributed by atoms with E-state index in [9.17, 15) is 4.79 Å². The van der Waals surface area contributed by atoms with Crippen LogP contribution in [-0.2, 0) is 4.79 Å². The van der Waals surface area contributed by atoms with E-state index in [0.29, 0.717) is 17.9 Å². The van der Waals surface area contributed by atoms with Gasteiger partial charge in [0.25, 0.3) is 0 Å². The first-order chi connectivity index (χ1) is 8.25. The van der Waals surface area contributed by atoms with Crippen LogP contribution in [0.2, 0.25) is 18.1 Å².